The first-order valence-electron chi connectivity index (χ1n) is 5.31. The zero-order valence-corrected chi connectivity index (χ0v) is 9.58. The van der Waals surface area contributed by atoms with Gasteiger partial charge >= 0.3 is 0 Å². The van der Waals surface area contributed by atoms with Gasteiger partial charge in [-0.15, -0.1) is 0 Å². The molecule has 0 atom stereocenters. The fourth-order valence-electron chi connectivity index (χ4n) is 1.67. The number of aromatic nitrogens is 1. The quantitative estimate of drug-likeness (QED) is 0.725. The minimum Gasteiger partial charge on any atom is -0.379 e. The van der Waals surface area contributed by atoms with Gasteiger partial charge in [0.1, 0.15) is 0 Å². The Morgan fingerprint density at radius 2 is 1.80 bits per heavy atom. The van der Waals surface area contributed by atoms with Gasteiger partial charge in [-0.3, -0.25) is 4.90 Å². The third-order valence-corrected chi connectivity index (χ3v) is 2.91. The van der Waals surface area contributed by atoms with Crippen LogP contribution in [0.1, 0.15) is 0 Å². The molecule has 0 N–H and O–H groups in total. The Labute approximate surface area is 95.3 Å². The molecule has 15 heavy (non-hydrogen) atoms. The number of ether oxygens (including phenoxy) is 1. The number of morpholine rings is 1. The van der Waals surface area contributed by atoms with E-state index in [-0.39, 0.29) is 0 Å². The van der Waals surface area contributed by atoms with Crippen molar-refractivity contribution in [2.24, 2.45) is 0 Å². The molecule has 0 bridgehead atoms. The Bertz CT molecular complexity index is 337. The van der Waals surface area contributed by atoms with Gasteiger partial charge in [0, 0.05) is 43.1 Å². The number of hydrogen-bond acceptors (Lipinski definition) is 3. The number of hydrogen-bond donors (Lipinski definition) is 0. The maximum Gasteiger partial charge on any atom is 0.0594 e. The van der Waals surface area contributed by atoms with Gasteiger partial charge in [-0.2, -0.15) is 0 Å². The predicted molar refractivity (Wildman–Crippen MR) is 62.5 cm³/mol. The van der Waals surface area contributed by atoms with Crippen molar-refractivity contribution < 1.29 is 4.74 Å². The first-order valence-corrected chi connectivity index (χ1v) is 5.72. The van der Waals surface area contributed by atoms with Crippen molar-refractivity contribution >= 4 is 12.2 Å². The molecule has 1 aliphatic rings. The Morgan fingerprint density at radius 3 is 2.47 bits per heavy atom. The maximum absolute atomic E-state index is 5.31. The molecule has 0 aromatic carbocycles. The molecular weight excluding hydrogens is 208 g/mol. The summed E-state index contributed by atoms with van der Waals surface area (Å²) in [4.78, 5) is 2.43. The van der Waals surface area contributed by atoms with E-state index in [9.17, 15) is 0 Å². The monoisotopic (exact) mass is 224 g/mol. The van der Waals surface area contributed by atoms with Gasteiger partial charge in [-0.1, -0.05) is 12.2 Å². The molecule has 2 rings (SSSR count). The minimum absolute atomic E-state index is 0.871. The molecule has 0 aliphatic carbocycles. The summed E-state index contributed by atoms with van der Waals surface area (Å²) in [5.41, 5.74) is 0. The van der Waals surface area contributed by atoms with Crippen LogP contribution in [0.15, 0.2) is 24.5 Å². The van der Waals surface area contributed by atoms with E-state index in [2.05, 4.69) is 9.47 Å². The maximum atomic E-state index is 5.31. The normalized spacial score (nSPS) is 17.9. The largest absolute Gasteiger partial charge is 0.379 e. The summed E-state index contributed by atoms with van der Waals surface area (Å²) in [7, 11) is 0. The van der Waals surface area contributed by atoms with E-state index in [1.165, 1.54) is 0 Å². The predicted octanol–water partition coefficient (Wildman–Crippen LogP) is 1.55. The van der Waals surface area contributed by atoms with Crippen molar-refractivity contribution in [3.63, 3.8) is 0 Å². The van der Waals surface area contributed by atoms with Crippen LogP contribution in [0.3, 0.4) is 0 Å². The van der Waals surface area contributed by atoms with E-state index in [1.54, 1.807) is 0 Å². The van der Waals surface area contributed by atoms with Gasteiger partial charge in [-0.05, 0) is 12.1 Å². The fourth-order valence-corrected chi connectivity index (χ4v) is 1.80. The molecule has 3 nitrogen and oxygen atoms in total. The van der Waals surface area contributed by atoms with Crippen LogP contribution in [0.4, 0.5) is 0 Å². The van der Waals surface area contributed by atoms with Crippen molar-refractivity contribution in [3.05, 3.63) is 29.0 Å². The van der Waals surface area contributed by atoms with Gasteiger partial charge < -0.3 is 9.30 Å². The van der Waals surface area contributed by atoms with Crippen LogP contribution in [0.5, 0.6) is 0 Å². The van der Waals surface area contributed by atoms with Gasteiger partial charge in [0.15, 0.2) is 0 Å². The molecule has 0 saturated carbocycles. The number of nitrogens with zero attached hydrogens (tertiary/aromatic N) is 2. The lowest BCUT2D eigenvalue weighted by Gasteiger charge is -2.26. The average molecular weight is 224 g/mol. The molecule has 1 fully saturated rings. The molecule has 2 heterocycles. The summed E-state index contributed by atoms with van der Waals surface area (Å²) >= 11 is 5.04. The third-order valence-electron chi connectivity index (χ3n) is 2.64. The summed E-state index contributed by atoms with van der Waals surface area (Å²) in [6.45, 7) is 5.96. The van der Waals surface area contributed by atoms with Crippen molar-refractivity contribution in [1.29, 1.82) is 0 Å². The first-order chi connectivity index (χ1) is 7.34. The summed E-state index contributed by atoms with van der Waals surface area (Å²) < 4.78 is 8.38. The Balaban J connectivity index is 1.81. The van der Waals surface area contributed by atoms with Crippen molar-refractivity contribution in [2.45, 2.75) is 6.54 Å². The first kappa shape index (κ1) is 10.8. The van der Waals surface area contributed by atoms with Crippen LogP contribution in [-0.2, 0) is 11.3 Å². The van der Waals surface area contributed by atoms with Crippen LogP contribution in [-0.4, -0.2) is 42.3 Å². The molecule has 0 spiro atoms. The minimum atomic E-state index is 0.871. The van der Waals surface area contributed by atoms with Crippen molar-refractivity contribution in [2.75, 3.05) is 32.8 Å². The average Bonchev–Trinajstić information content (AvgIpc) is 2.30. The fraction of sp³-hybridized carbons (Fsp3) is 0.545. The summed E-state index contributed by atoms with van der Waals surface area (Å²) in [5, 5.41) is 0. The van der Waals surface area contributed by atoms with Crippen LogP contribution < -0.4 is 0 Å². The van der Waals surface area contributed by atoms with Crippen molar-refractivity contribution in [1.82, 2.24) is 9.47 Å². The van der Waals surface area contributed by atoms with Gasteiger partial charge in [0.25, 0.3) is 0 Å². The second kappa shape index (κ2) is 5.39. The smallest absolute Gasteiger partial charge is 0.0594 e. The highest BCUT2D eigenvalue weighted by Crippen LogP contribution is 1.98. The highest BCUT2D eigenvalue weighted by molar-refractivity contribution is 7.71. The topological polar surface area (TPSA) is 17.4 Å². The van der Waals surface area contributed by atoms with Gasteiger partial charge in [-0.25, -0.2) is 0 Å². The van der Waals surface area contributed by atoms with Crippen LogP contribution >= 0.6 is 12.2 Å². The van der Waals surface area contributed by atoms with E-state index in [4.69, 9.17) is 17.0 Å². The van der Waals surface area contributed by atoms with Gasteiger partial charge in [0.05, 0.1) is 13.2 Å². The SMILES string of the molecule is S=c1ccn(CCN2CCOCC2)cc1. The summed E-state index contributed by atoms with van der Waals surface area (Å²) in [6, 6.07) is 3.93. The number of rotatable bonds is 3. The van der Waals surface area contributed by atoms with E-state index in [1.807, 2.05) is 24.5 Å². The molecule has 1 aromatic rings. The third kappa shape index (κ3) is 3.41. The lowest BCUT2D eigenvalue weighted by atomic mass is 10.4. The summed E-state index contributed by atoms with van der Waals surface area (Å²) in [5.74, 6) is 0. The molecule has 82 valence electrons. The zero-order chi connectivity index (χ0) is 10.5. The second-order valence-corrected chi connectivity index (χ2v) is 4.20. The van der Waals surface area contributed by atoms with Crippen molar-refractivity contribution in [3.8, 4) is 0 Å². The molecule has 1 aliphatic heterocycles. The van der Waals surface area contributed by atoms with E-state index in [0.29, 0.717) is 0 Å². The Hall–Kier alpha value is -0.710. The summed E-state index contributed by atoms with van der Waals surface area (Å²) in [6.07, 6.45) is 4.09. The zero-order valence-electron chi connectivity index (χ0n) is 8.76. The van der Waals surface area contributed by atoms with Crippen LogP contribution in [0.2, 0.25) is 0 Å². The number of pyridine rings is 1. The standard InChI is InChI=1S/C11H16N2OS/c15-11-1-3-12(4-2-11)5-6-13-7-9-14-10-8-13/h1-4H,5-10H2. The molecule has 0 unspecified atom stereocenters. The van der Waals surface area contributed by atoms with E-state index >= 15 is 0 Å². The van der Waals surface area contributed by atoms with E-state index < -0.39 is 0 Å². The Kier molecular flexibility index (Phi) is 3.88. The molecular formula is C11H16N2OS. The van der Waals surface area contributed by atoms with Gasteiger partial charge in [0.2, 0.25) is 0 Å². The molecule has 0 amide bonds. The molecule has 1 saturated heterocycles. The lowest BCUT2D eigenvalue weighted by molar-refractivity contribution is 0.0364. The highest BCUT2D eigenvalue weighted by atomic mass is 32.1. The van der Waals surface area contributed by atoms with Crippen LogP contribution in [0, 0.1) is 4.51 Å². The Morgan fingerprint density at radius 1 is 1.13 bits per heavy atom. The highest BCUT2D eigenvalue weighted by Gasteiger charge is 2.08. The lowest BCUT2D eigenvalue weighted by Crippen LogP contribution is -2.38. The van der Waals surface area contributed by atoms with Crippen LogP contribution in [0.25, 0.3) is 0 Å². The second-order valence-electron chi connectivity index (χ2n) is 3.73. The van der Waals surface area contributed by atoms with E-state index in [0.717, 1.165) is 43.9 Å². The molecule has 4 heteroatoms. The molecule has 1 aromatic heterocycles. The molecule has 0 radical (unpaired) electrons.